The molecule has 0 spiro atoms. The van der Waals surface area contributed by atoms with Crippen LogP contribution in [-0.2, 0) is 6.54 Å². The Kier molecular flexibility index (Phi) is 4.89. The van der Waals surface area contributed by atoms with Crippen molar-refractivity contribution in [1.82, 2.24) is 5.32 Å². The largest absolute Gasteiger partial charge is 0.390 e. The second-order valence-corrected chi connectivity index (χ2v) is 3.66. The lowest BCUT2D eigenvalue weighted by Crippen LogP contribution is -2.35. The van der Waals surface area contributed by atoms with E-state index in [4.69, 9.17) is 5.11 Å². The Balaban J connectivity index is 2.50. The quantitative estimate of drug-likeness (QED) is 0.761. The van der Waals surface area contributed by atoms with Crippen LogP contribution in [0, 0.1) is 0 Å². The van der Waals surface area contributed by atoms with Crippen molar-refractivity contribution in [1.29, 1.82) is 0 Å². The molecule has 1 aromatic rings. The van der Waals surface area contributed by atoms with Crippen LogP contribution in [0.15, 0.2) is 24.3 Å². The van der Waals surface area contributed by atoms with Crippen molar-refractivity contribution in [3.63, 3.8) is 0 Å². The van der Waals surface area contributed by atoms with Gasteiger partial charge in [-0.2, -0.15) is 0 Å². The Bertz CT molecular complexity index is 357. The smallest absolute Gasteiger partial charge is 0.282 e. The summed E-state index contributed by atoms with van der Waals surface area (Å²) in [4.78, 5) is 0. The van der Waals surface area contributed by atoms with E-state index in [1.54, 1.807) is 6.07 Å². The number of hydrogen-bond acceptors (Lipinski definition) is 2. The highest BCUT2D eigenvalue weighted by molar-refractivity contribution is 5.24. The molecule has 0 saturated carbocycles. The van der Waals surface area contributed by atoms with E-state index in [1.165, 1.54) is 18.2 Å². The van der Waals surface area contributed by atoms with Crippen LogP contribution in [0.5, 0.6) is 0 Å². The molecule has 0 saturated heterocycles. The zero-order valence-corrected chi connectivity index (χ0v) is 8.97. The van der Waals surface area contributed by atoms with Crippen LogP contribution in [0.1, 0.15) is 17.6 Å². The normalized spacial score (nSPS) is 12.1. The molecule has 0 aliphatic carbocycles. The molecule has 0 unspecified atom stereocenters. The zero-order valence-electron chi connectivity index (χ0n) is 8.97. The van der Waals surface area contributed by atoms with E-state index in [9.17, 15) is 17.6 Å². The van der Waals surface area contributed by atoms with E-state index in [0.29, 0.717) is 5.56 Å². The maximum atomic E-state index is 12.6. The maximum Gasteiger partial charge on any atom is 0.282 e. The molecule has 0 fully saturated rings. The third-order valence-corrected chi connectivity index (χ3v) is 2.15. The first-order chi connectivity index (χ1) is 7.94. The van der Waals surface area contributed by atoms with Gasteiger partial charge in [-0.05, 0) is 11.6 Å². The molecule has 2 N–H and O–H groups in total. The second kappa shape index (κ2) is 5.97. The van der Waals surface area contributed by atoms with E-state index < -0.39 is 25.5 Å². The molecule has 0 aromatic heterocycles. The van der Waals surface area contributed by atoms with Crippen LogP contribution < -0.4 is 5.32 Å². The molecule has 0 aliphatic heterocycles. The summed E-state index contributed by atoms with van der Waals surface area (Å²) >= 11 is 0. The first kappa shape index (κ1) is 13.9. The third-order valence-electron chi connectivity index (χ3n) is 2.15. The highest BCUT2D eigenvalue weighted by atomic mass is 19.3. The first-order valence-corrected chi connectivity index (χ1v) is 5.01. The predicted octanol–water partition coefficient (Wildman–Crippen LogP) is 2.34. The Labute approximate surface area is 96.3 Å². The van der Waals surface area contributed by atoms with Gasteiger partial charge in [0.15, 0.2) is 0 Å². The molecular formula is C11H13F4NO. The van der Waals surface area contributed by atoms with Crippen molar-refractivity contribution in [3.05, 3.63) is 35.4 Å². The number of hydrogen-bond donors (Lipinski definition) is 2. The molecule has 1 aromatic carbocycles. The van der Waals surface area contributed by atoms with Crippen LogP contribution in [0.25, 0.3) is 0 Å². The summed E-state index contributed by atoms with van der Waals surface area (Å²) in [6.07, 6.45) is -2.58. The fraction of sp³-hybridized carbons (Fsp3) is 0.455. The number of aliphatic hydroxyl groups excluding tert-OH is 1. The summed E-state index contributed by atoms with van der Waals surface area (Å²) in [6.45, 7) is -1.88. The third kappa shape index (κ3) is 4.70. The molecule has 1 rings (SSSR count). The highest BCUT2D eigenvalue weighted by Gasteiger charge is 2.26. The van der Waals surface area contributed by atoms with E-state index >= 15 is 0 Å². The Hall–Kier alpha value is -1.14. The van der Waals surface area contributed by atoms with Crippen LogP contribution >= 0.6 is 0 Å². The van der Waals surface area contributed by atoms with Gasteiger partial charge >= 0.3 is 0 Å². The number of halogens is 4. The van der Waals surface area contributed by atoms with Gasteiger partial charge in [-0.1, -0.05) is 18.2 Å². The van der Waals surface area contributed by atoms with Gasteiger partial charge in [0.25, 0.3) is 12.3 Å². The molecule has 96 valence electrons. The van der Waals surface area contributed by atoms with Gasteiger partial charge in [-0.15, -0.1) is 0 Å². The van der Waals surface area contributed by atoms with Crippen molar-refractivity contribution in [2.45, 2.75) is 18.9 Å². The van der Waals surface area contributed by atoms with Gasteiger partial charge < -0.3 is 10.4 Å². The SMILES string of the molecule is OCC(F)(F)CNCc1cccc(C(F)F)c1. The number of aliphatic hydroxyl groups is 1. The molecule has 0 atom stereocenters. The van der Waals surface area contributed by atoms with Gasteiger partial charge in [0, 0.05) is 12.1 Å². The summed E-state index contributed by atoms with van der Waals surface area (Å²) in [5.41, 5.74) is 0.356. The molecular weight excluding hydrogens is 238 g/mol. The minimum absolute atomic E-state index is 0.0517. The van der Waals surface area contributed by atoms with Crippen LogP contribution in [-0.4, -0.2) is 24.2 Å². The molecule has 2 nitrogen and oxygen atoms in total. The topological polar surface area (TPSA) is 32.3 Å². The highest BCUT2D eigenvalue weighted by Crippen LogP contribution is 2.19. The Morgan fingerprint density at radius 3 is 2.59 bits per heavy atom. The number of nitrogens with one attached hydrogen (secondary N) is 1. The summed E-state index contributed by atoms with van der Waals surface area (Å²) < 4.78 is 49.9. The fourth-order valence-electron chi connectivity index (χ4n) is 1.28. The monoisotopic (exact) mass is 251 g/mol. The van der Waals surface area contributed by atoms with Crippen LogP contribution in [0.4, 0.5) is 17.6 Å². The van der Waals surface area contributed by atoms with Gasteiger partial charge in [0.1, 0.15) is 6.61 Å². The lowest BCUT2D eigenvalue weighted by atomic mass is 10.1. The number of alkyl halides is 4. The summed E-state index contributed by atoms with van der Waals surface area (Å²) in [7, 11) is 0. The number of rotatable bonds is 6. The van der Waals surface area contributed by atoms with Crippen LogP contribution in [0.3, 0.4) is 0 Å². The van der Waals surface area contributed by atoms with Gasteiger partial charge in [0.2, 0.25) is 0 Å². The molecule has 0 amide bonds. The maximum absolute atomic E-state index is 12.6. The van der Waals surface area contributed by atoms with Gasteiger partial charge in [-0.25, -0.2) is 17.6 Å². The molecule has 0 aliphatic rings. The molecule has 0 heterocycles. The molecule has 17 heavy (non-hydrogen) atoms. The van der Waals surface area contributed by atoms with Crippen molar-refractivity contribution < 1.29 is 22.7 Å². The lowest BCUT2D eigenvalue weighted by molar-refractivity contribution is -0.0477. The molecule has 6 heteroatoms. The number of benzene rings is 1. The molecule has 0 radical (unpaired) electrons. The van der Waals surface area contributed by atoms with E-state index in [-0.39, 0.29) is 12.1 Å². The molecule has 0 bridgehead atoms. The summed E-state index contributed by atoms with van der Waals surface area (Å²) in [6, 6.07) is 5.55. The van der Waals surface area contributed by atoms with E-state index in [1.807, 2.05) is 0 Å². The van der Waals surface area contributed by atoms with Gasteiger partial charge in [0.05, 0.1) is 6.54 Å². The summed E-state index contributed by atoms with van der Waals surface area (Å²) in [5, 5.41) is 10.7. The minimum Gasteiger partial charge on any atom is -0.390 e. The first-order valence-electron chi connectivity index (χ1n) is 5.01. The van der Waals surface area contributed by atoms with E-state index in [2.05, 4.69) is 5.32 Å². The van der Waals surface area contributed by atoms with Crippen molar-refractivity contribution in [2.75, 3.05) is 13.2 Å². The van der Waals surface area contributed by atoms with Crippen LogP contribution in [0.2, 0.25) is 0 Å². The predicted molar refractivity (Wildman–Crippen MR) is 55.1 cm³/mol. The zero-order chi connectivity index (χ0) is 12.9. The standard InChI is InChI=1S/C11H13F4NO/c12-10(13)9-3-1-2-8(4-9)5-16-6-11(14,15)7-17/h1-4,10,16-17H,5-7H2. The average Bonchev–Trinajstić information content (AvgIpc) is 2.29. The fourth-order valence-corrected chi connectivity index (χ4v) is 1.28. The van der Waals surface area contributed by atoms with Crippen molar-refractivity contribution >= 4 is 0 Å². The van der Waals surface area contributed by atoms with E-state index in [0.717, 1.165) is 0 Å². The lowest BCUT2D eigenvalue weighted by Gasteiger charge is -2.14. The van der Waals surface area contributed by atoms with Gasteiger partial charge in [-0.3, -0.25) is 0 Å². The van der Waals surface area contributed by atoms with Crippen molar-refractivity contribution in [2.24, 2.45) is 0 Å². The Morgan fingerprint density at radius 1 is 1.29 bits per heavy atom. The summed E-state index contributed by atoms with van der Waals surface area (Å²) in [5.74, 6) is -3.19. The minimum atomic E-state index is -3.19. The van der Waals surface area contributed by atoms with Crippen molar-refractivity contribution in [3.8, 4) is 0 Å². The Morgan fingerprint density at radius 2 is 2.00 bits per heavy atom. The second-order valence-electron chi connectivity index (χ2n) is 3.66. The average molecular weight is 251 g/mol.